The van der Waals surface area contributed by atoms with Crippen molar-refractivity contribution in [3.63, 3.8) is 0 Å². The minimum atomic E-state index is -0.301. The fourth-order valence-corrected chi connectivity index (χ4v) is 3.71. The lowest BCUT2D eigenvalue weighted by Gasteiger charge is -2.21. The average molecular weight is 361 g/mol. The molecule has 1 aliphatic rings. The Balaban J connectivity index is 1.63. The highest BCUT2D eigenvalue weighted by Crippen LogP contribution is 2.24. The second-order valence-corrected chi connectivity index (χ2v) is 6.93. The second-order valence-electron chi connectivity index (χ2n) is 6.07. The molecule has 132 valence electrons. The smallest absolute Gasteiger partial charge is 0.228 e. The first-order valence-corrected chi connectivity index (χ1v) is 9.14. The summed E-state index contributed by atoms with van der Waals surface area (Å²) >= 11 is 1.41. The van der Waals surface area contributed by atoms with Gasteiger partial charge < -0.3 is 9.80 Å². The van der Waals surface area contributed by atoms with Crippen LogP contribution in [0, 0.1) is 5.82 Å². The van der Waals surface area contributed by atoms with E-state index in [0.29, 0.717) is 36.9 Å². The van der Waals surface area contributed by atoms with Crippen LogP contribution < -0.4 is 0 Å². The molecular formula is C18H20FN3O2S. The Kier molecular flexibility index (Phi) is 5.43. The van der Waals surface area contributed by atoms with Crippen molar-refractivity contribution in [1.82, 2.24) is 14.8 Å². The van der Waals surface area contributed by atoms with Gasteiger partial charge in [-0.15, -0.1) is 11.3 Å². The third kappa shape index (κ3) is 4.42. The number of hydrogen-bond acceptors (Lipinski definition) is 4. The summed E-state index contributed by atoms with van der Waals surface area (Å²) in [5.41, 5.74) is 1.41. The Labute approximate surface area is 150 Å². The van der Waals surface area contributed by atoms with E-state index < -0.39 is 0 Å². The third-order valence-electron chi connectivity index (χ3n) is 4.25. The van der Waals surface area contributed by atoms with Crippen molar-refractivity contribution >= 4 is 23.2 Å². The maximum atomic E-state index is 13.3. The molecule has 0 bridgehead atoms. The lowest BCUT2D eigenvalue weighted by molar-refractivity contribution is -0.132. The summed E-state index contributed by atoms with van der Waals surface area (Å²) in [6.07, 6.45) is 1.02. The number of thiazole rings is 1. The number of hydrogen-bond donors (Lipinski definition) is 0. The van der Waals surface area contributed by atoms with Crippen molar-refractivity contribution < 1.29 is 14.0 Å². The second kappa shape index (κ2) is 7.74. The molecule has 1 saturated heterocycles. The van der Waals surface area contributed by atoms with Crippen LogP contribution in [0.5, 0.6) is 0 Å². The number of nitrogens with zero attached hydrogens (tertiary/aromatic N) is 3. The number of amides is 2. The first kappa shape index (κ1) is 17.5. The van der Waals surface area contributed by atoms with Crippen LogP contribution >= 0.6 is 11.3 Å². The largest absolute Gasteiger partial charge is 0.341 e. The summed E-state index contributed by atoms with van der Waals surface area (Å²) < 4.78 is 13.3. The maximum Gasteiger partial charge on any atom is 0.228 e. The van der Waals surface area contributed by atoms with E-state index in [0.717, 1.165) is 12.0 Å². The van der Waals surface area contributed by atoms with Crippen LogP contribution in [0.1, 0.15) is 19.0 Å². The zero-order chi connectivity index (χ0) is 17.8. The number of halogens is 1. The molecule has 7 heteroatoms. The minimum Gasteiger partial charge on any atom is -0.341 e. The lowest BCUT2D eigenvalue weighted by Crippen LogP contribution is -2.37. The summed E-state index contributed by atoms with van der Waals surface area (Å²) in [7, 11) is 0. The summed E-state index contributed by atoms with van der Waals surface area (Å²) in [4.78, 5) is 32.0. The summed E-state index contributed by atoms with van der Waals surface area (Å²) in [5, 5.41) is 2.55. The van der Waals surface area contributed by atoms with E-state index in [9.17, 15) is 14.0 Å². The summed E-state index contributed by atoms with van der Waals surface area (Å²) in [6, 6.07) is 6.29. The molecule has 0 N–H and O–H groups in total. The van der Waals surface area contributed by atoms with Gasteiger partial charge in [-0.2, -0.15) is 0 Å². The SMILES string of the molecule is CC(=O)N1CCCN(C(=O)Cc2csc(-c3cccc(F)c3)n2)CC1. The van der Waals surface area contributed by atoms with E-state index in [1.54, 1.807) is 28.9 Å². The molecule has 2 heterocycles. The van der Waals surface area contributed by atoms with Gasteiger partial charge in [-0.1, -0.05) is 12.1 Å². The average Bonchev–Trinajstić information content (AvgIpc) is 2.89. The molecule has 3 rings (SSSR count). The summed E-state index contributed by atoms with van der Waals surface area (Å²) in [5.74, 6) is -0.236. The number of benzene rings is 1. The van der Waals surface area contributed by atoms with Gasteiger partial charge in [0.25, 0.3) is 0 Å². The van der Waals surface area contributed by atoms with Gasteiger partial charge in [0, 0.05) is 44.0 Å². The Morgan fingerprint density at radius 3 is 2.72 bits per heavy atom. The van der Waals surface area contributed by atoms with Crippen molar-refractivity contribution in [2.24, 2.45) is 0 Å². The zero-order valence-corrected chi connectivity index (χ0v) is 14.9. The van der Waals surface area contributed by atoms with Crippen molar-refractivity contribution in [2.45, 2.75) is 19.8 Å². The van der Waals surface area contributed by atoms with Crippen LogP contribution in [0.3, 0.4) is 0 Å². The molecule has 2 aromatic rings. The highest BCUT2D eigenvalue weighted by atomic mass is 32.1. The molecule has 0 saturated carbocycles. The van der Waals surface area contributed by atoms with Gasteiger partial charge in [0.1, 0.15) is 10.8 Å². The van der Waals surface area contributed by atoms with Gasteiger partial charge in [-0.25, -0.2) is 9.37 Å². The molecule has 0 spiro atoms. The number of carbonyl (C=O) groups is 2. The minimum absolute atomic E-state index is 0.0153. The molecule has 25 heavy (non-hydrogen) atoms. The van der Waals surface area contributed by atoms with Crippen LogP contribution in [0.25, 0.3) is 10.6 Å². The van der Waals surface area contributed by atoms with E-state index in [1.165, 1.54) is 23.5 Å². The van der Waals surface area contributed by atoms with Gasteiger partial charge in [0.15, 0.2) is 0 Å². The normalized spacial score (nSPS) is 15.1. The van der Waals surface area contributed by atoms with E-state index in [-0.39, 0.29) is 24.1 Å². The Morgan fingerprint density at radius 2 is 1.96 bits per heavy atom. The van der Waals surface area contributed by atoms with Crippen LogP contribution in [0.4, 0.5) is 4.39 Å². The van der Waals surface area contributed by atoms with Crippen molar-refractivity contribution in [3.8, 4) is 10.6 Å². The van der Waals surface area contributed by atoms with Gasteiger partial charge in [0.05, 0.1) is 12.1 Å². The maximum absolute atomic E-state index is 13.3. The number of aromatic nitrogens is 1. The van der Waals surface area contributed by atoms with Crippen molar-refractivity contribution in [3.05, 3.63) is 41.2 Å². The quantitative estimate of drug-likeness (QED) is 0.844. The topological polar surface area (TPSA) is 53.5 Å². The molecule has 1 aromatic heterocycles. The Hall–Kier alpha value is -2.28. The van der Waals surface area contributed by atoms with Gasteiger partial charge in [-0.3, -0.25) is 9.59 Å². The van der Waals surface area contributed by atoms with Crippen LogP contribution in [-0.4, -0.2) is 52.8 Å². The number of rotatable bonds is 3. The highest BCUT2D eigenvalue weighted by Gasteiger charge is 2.21. The monoisotopic (exact) mass is 361 g/mol. The molecule has 0 radical (unpaired) electrons. The zero-order valence-electron chi connectivity index (χ0n) is 14.1. The molecule has 1 aliphatic heterocycles. The fraction of sp³-hybridized carbons (Fsp3) is 0.389. The van der Waals surface area contributed by atoms with Crippen molar-refractivity contribution in [2.75, 3.05) is 26.2 Å². The molecule has 2 amide bonds. The molecular weight excluding hydrogens is 341 g/mol. The summed E-state index contributed by atoms with van der Waals surface area (Å²) in [6.45, 7) is 4.04. The predicted octanol–water partition coefficient (Wildman–Crippen LogP) is 2.57. The first-order chi connectivity index (χ1) is 12.0. The first-order valence-electron chi connectivity index (χ1n) is 8.26. The Morgan fingerprint density at radius 1 is 1.20 bits per heavy atom. The van der Waals surface area contributed by atoms with Crippen molar-refractivity contribution in [1.29, 1.82) is 0 Å². The van der Waals surface area contributed by atoms with E-state index in [1.807, 2.05) is 5.38 Å². The van der Waals surface area contributed by atoms with Crippen LogP contribution in [-0.2, 0) is 16.0 Å². The third-order valence-corrected chi connectivity index (χ3v) is 5.19. The highest BCUT2D eigenvalue weighted by molar-refractivity contribution is 7.13. The molecule has 0 unspecified atom stereocenters. The lowest BCUT2D eigenvalue weighted by atomic mass is 10.2. The van der Waals surface area contributed by atoms with Gasteiger partial charge >= 0.3 is 0 Å². The number of carbonyl (C=O) groups excluding carboxylic acids is 2. The molecule has 1 fully saturated rings. The van der Waals surface area contributed by atoms with Crippen LogP contribution in [0.15, 0.2) is 29.6 Å². The molecule has 5 nitrogen and oxygen atoms in total. The standard InChI is InChI=1S/C18H20FN3O2S/c1-13(23)21-6-3-7-22(9-8-21)17(24)11-16-12-25-18(20-16)14-4-2-5-15(19)10-14/h2,4-5,10,12H,3,6-9,11H2,1H3. The molecule has 0 aliphatic carbocycles. The van der Waals surface area contributed by atoms with Gasteiger partial charge in [0.2, 0.25) is 11.8 Å². The fourth-order valence-electron chi connectivity index (χ4n) is 2.89. The predicted molar refractivity (Wildman–Crippen MR) is 94.7 cm³/mol. The molecule has 0 atom stereocenters. The van der Waals surface area contributed by atoms with Gasteiger partial charge in [-0.05, 0) is 18.6 Å². The van der Waals surface area contributed by atoms with E-state index in [4.69, 9.17) is 0 Å². The molecule has 1 aromatic carbocycles. The van der Waals surface area contributed by atoms with E-state index >= 15 is 0 Å². The Bertz CT molecular complexity index is 777. The van der Waals surface area contributed by atoms with E-state index in [2.05, 4.69) is 4.98 Å². The van der Waals surface area contributed by atoms with Crippen LogP contribution in [0.2, 0.25) is 0 Å².